The molecule has 1 aliphatic heterocycles. The van der Waals surface area contributed by atoms with Crippen LogP contribution in [0.3, 0.4) is 0 Å². The number of likely N-dealkylation sites (tertiary alicyclic amines) is 1. The Morgan fingerprint density at radius 1 is 1.19 bits per heavy atom. The second-order valence-electron chi connectivity index (χ2n) is 5.46. The maximum atomic E-state index is 9.81. The molecule has 0 bridgehead atoms. The third-order valence-electron chi connectivity index (χ3n) is 4.22. The lowest BCUT2D eigenvalue weighted by Gasteiger charge is -2.33. The van der Waals surface area contributed by atoms with E-state index in [1.165, 1.54) is 38.8 Å². The Morgan fingerprint density at radius 3 is 2.50 bits per heavy atom. The third-order valence-corrected chi connectivity index (χ3v) is 4.22. The van der Waals surface area contributed by atoms with Crippen LogP contribution >= 0.6 is 0 Å². The van der Waals surface area contributed by atoms with Crippen LogP contribution in [0.1, 0.15) is 32.1 Å². The minimum absolute atomic E-state index is 0.0308. The zero-order valence-corrected chi connectivity index (χ0v) is 10.4. The Bertz CT molecular complexity index is 202. The second kappa shape index (κ2) is 5.99. The molecule has 0 amide bonds. The maximum Gasteiger partial charge on any atom is 0.0580 e. The summed E-state index contributed by atoms with van der Waals surface area (Å²) in [6.07, 6.45) is 5.94. The van der Waals surface area contributed by atoms with Crippen molar-refractivity contribution in [3.63, 3.8) is 0 Å². The van der Waals surface area contributed by atoms with Gasteiger partial charge in [-0.3, -0.25) is 0 Å². The van der Waals surface area contributed by atoms with Crippen LogP contribution in [0, 0.1) is 11.8 Å². The van der Waals surface area contributed by atoms with E-state index in [-0.39, 0.29) is 6.10 Å². The molecule has 0 spiro atoms. The highest BCUT2D eigenvalue weighted by Crippen LogP contribution is 2.27. The number of nitrogens with zero attached hydrogens (tertiary/aromatic N) is 1. The van der Waals surface area contributed by atoms with Crippen LogP contribution < -0.4 is 0 Å². The van der Waals surface area contributed by atoms with Crippen LogP contribution in [0.15, 0.2) is 0 Å². The normalized spacial score (nSPS) is 33.4. The highest BCUT2D eigenvalue weighted by molar-refractivity contribution is 4.81. The lowest BCUT2D eigenvalue weighted by Crippen LogP contribution is -2.39. The summed E-state index contributed by atoms with van der Waals surface area (Å²) in [4.78, 5) is 2.53. The van der Waals surface area contributed by atoms with Gasteiger partial charge in [0.05, 0.1) is 6.10 Å². The number of rotatable bonds is 4. The summed E-state index contributed by atoms with van der Waals surface area (Å²) in [6.45, 7) is 4.41. The first-order valence-electron chi connectivity index (χ1n) is 6.69. The van der Waals surface area contributed by atoms with E-state index in [9.17, 15) is 5.11 Å². The van der Waals surface area contributed by atoms with Gasteiger partial charge in [0, 0.05) is 20.3 Å². The van der Waals surface area contributed by atoms with Crippen molar-refractivity contribution in [3.8, 4) is 0 Å². The number of piperidine rings is 1. The monoisotopic (exact) mass is 227 g/mol. The van der Waals surface area contributed by atoms with Crippen molar-refractivity contribution >= 4 is 0 Å². The van der Waals surface area contributed by atoms with E-state index >= 15 is 0 Å². The number of aliphatic hydroxyl groups is 1. The molecule has 0 aromatic heterocycles. The van der Waals surface area contributed by atoms with Crippen molar-refractivity contribution in [2.24, 2.45) is 11.8 Å². The number of aliphatic hydroxyl groups excluding tert-OH is 1. The van der Waals surface area contributed by atoms with Crippen LogP contribution in [0.4, 0.5) is 0 Å². The van der Waals surface area contributed by atoms with Gasteiger partial charge in [-0.25, -0.2) is 0 Å². The third kappa shape index (κ3) is 3.19. The lowest BCUT2D eigenvalue weighted by atomic mass is 9.96. The quantitative estimate of drug-likeness (QED) is 0.790. The van der Waals surface area contributed by atoms with Gasteiger partial charge in [0.1, 0.15) is 0 Å². The molecule has 1 heterocycles. The van der Waals surface area contributed by atoms with Gasteiger partial charge in [-0.2, -0.15) is 0 Å². The fourth-order valence-corrected chi connectivity index (χ4v) is 3.13. The highest BCUT2D eigenvalue weighted by atomic mass is 16.5. The first-order chi connectivity index (χ1) is 7.79. The molecule has 2 aliphatic rings. The van der Waals surface area contributed by atoms with Gasteiger partial charge < -0.3 is 14.7 Å². The largest absolute Gasteiger partial charge is 0.393 e. The molecule has 0 radical (unpaired) electrons. The summed E-state index contributed by atoms with van der Waals surface area (Å²) in [5, 5.41) is 9.81. The Kier molecular flexibility index (Phi) is 4.62. The number of methoxy groups -OCH3 is 1. The molecule has 2 rings (SSSR count). The van der Waals surface area contributed by atoms with Gasteiger partial charge in [-0.05, 0) is 50.6 Å². The standard InChI is InChI=1S/C13H25NO2/c1-16-10-11-5-7-14(8-6-11)9-12-3-2-4-13(12)15/h11-13,15H,2-10H2,1H3. The van der Waals surface area contributed by atoms with E-state index < -0.39 is 0 Å². The predicted molar refractivity (Wildman–Crippen MR) is 64.4 cm³/mol. The van der Waals surface area contributed by atoms with Crippen molar-refractivity contribution in [3.05, 3.63) is 0 Å². The average molecular weight is 227 g/mol. The van der Waals surface area contributed by atoms with Crippen LogP contribution in [0.25, 0.3) is 0 Å². The van der Waals surface area contributed by atoms with E-state index in [2.05, 4.69) is 4.90 Å². The molecular weight excluding hydrogens is 202 g/mol. The first-order valence-corrected chi connectivity index (χ1v) is 6.69. The Hall–Kier alpha value is -0.120. The molecule has 2 unspecified atom stereocenters. The molecule has 1 saturated heterocycles. The molecule has 94 valence electrons. The molecule has 3 heteroatoms. The highest BCUT2D eigenvalue weighted by Gasteiger charge is 2.28. The van der Waals surface area contributed by atoms with Crippen LogP contribution in [0.5, 0.6) is 0 Å². The summed E-state index contributed by atoms with van der Waals surface area (Å²) in [7, 11) is 1.79. The van der Waals surface area contributed by atoms with Crippen molar-refractivity contribution in [2.75, 3.05) is 33.4 Å². The fraction of sp³-hybridized carbons (Fsp3) is 1.00. The molecule has 1 aliphatic carbocycles. The SMILES string of the molecule is COCC1CCN(CC2CCCC2O)CC1. The molecule has 1 N–H and O–H groups in total. The van der Waals surface area contributed by atoms with Crippen molar-refractivity contribution in [1.82, 2.24) is 4.90 Å². The van der Waals surface area contributed by atoms with Gasteiger partial charge in [0.2, 0.25) is 0 Å². The van der Waals surface area contributed by atoms with E-state index in [1.54, 1.807) is 7.11 Å². The zero-order valence-electron chi connectivity index (χ0n) is 10.4. The molecule has 0 aromatic rings. The van der Waals surface area contributed by atoms with Crippen molar-refractivity contribution < 1.29 is 9.84 Å². The molecule has 2 fully saturated rings. The minimum atomic E-state index is -0.0308. The summed E-state index contributed by atoms with van der Waals surface area (Å²) in [5.41, 5.74) is 0. The summed E-state index contributed by atoms with van der Waals surface area (Å²) in [5.74, 6) is 1.30. The summed E-state index contributed by atoms with van der Waals surface area (Å²) in [6, 6.07) is 0. The van der Waals surface area contributed by atoms with Crippen LogP contribution in [-0.4, -0.2) is 49.5 Å². The van der Waals surface area contributed by atoms with Crippen molar-refractivity contribution in [1.29, 1.82) is 0 Å². The van der Waals surface area contributed by atoms with E-state index in [4.69, 9.17) is 4.74 Å². The lowest BCUT2D eigenvalue weighted by molar-refractivity contribution is 0.0676. The fourth-order valence-electron chi connectivity index (χ4n) is 3.13. The second-order valence-corrected chi connectivity index (χ2v) is 5.46. The van der Waals surface area contributed by atoms with E-state index in [0.717, 1.165) is 25.5 Å². The minimum Gasteiger partial charge on any atom is -0.393 e. The van der Waals surface area contributed by atoms with Gasteiger partial charge in [0.15, 0.2) is 0 Å². The Balaban J connectivity index is 1.68. The topological polar surface area (TPSA) is 32.7 Å². The van der Waals surface area contributed by atoms with Gasteiger partial charge >= 0.3 is 0 Å². The van der Waals surface area contributed by atoms with E-state index in [0.29, 0.717) is 5.92 Å². The molecular formula is C13H25NO2. The van der Waals surface area contributed by atoms with Gasteiger partial charge in [-0.1, -0.05) is 6.42 Å². The zero-order chi connectivity index (χ0) is 11.4. The molecule has 0 aromatic carbocycles. The van der Waals surface area contributed by atoms with Crippen LogP contribution in [0.2, 0.25) is 0 Å². The summed E-state index contributed by atoms with van der Waals surface area (Å²) >= 11 is 0. The maximum absolute atomic E-state index is 9.81. The first kappa shape index (κ1) is 12.3. The van der Waals surface area contributed by atoms with Crippen molar-refractivity contribution in [2.45, 2.75) is 38.2 Å². The molecule has 16 heavy (non-hydrogen) atoms. The smallest absolute Gasteiger partial charge is 0.0580 e. The number of hydrogen-bond donors (Lipinski definition) is 1. The van der Waals surface area contributed by atoms with Gasteiger partial charge in [0.25, 0.3) is 0 Å². The molecule has 3 nitrogen and oxygen atoms in total. The van der Waals surface area contributed by atoms with Gasteiger partial charge in [-0.15, -0.1) is 0 Å². The summed E-state index contributed by atoms with van der Waals surface area (Å²) < 4.78 is 5.21. The average Bonchev–Trinajstić information content (AvgIpc) is 2.68. The van der Waals surface area contributed by atoms with Crippen LogP contribution in [-0.2, 0) is 4.74 Å². The number of hydrogen-bond acceptors (Lipinski definition) is 3. The molecule has 2 atom stereocenters. The Morgan fingerprint density at radius 2 is 1.94 bits per heavy atom. The van der Waals surface area contributed by atoms with E-state index in [1.807, 2.05) is 0 Å². The predicted octanol–water partition coefficient (Wildman–Crippen LogP) is 1.51. The Labute approximate surface area is 98.8 Å². The number of ether oxygens (including phenoxy) is 1. The molecule has 1 saturated carbocycles.